The molecular weight excluding hydrogens is 250 g/mol. The van der Waals surface area contributed by atoms with E-state index in [2.05, 4.69) is 15.5 Å². The van der Waals surface area contributed by atoms with Crippen molar-refractivity contribution in [2.45, 2.75) is 25.8 Å². The summed E-state index contributed by atoms with van der Waals surface area (Å²) in [5.41, 5.74) is 2.86. The number of carbonyl (C=O) groups is 1. The molecule has 3 aliphatic rings. The summed E-state index contributed by atoms with van der Waals surface area (Å²) < 4.78 is 0. The van der Waals surface area contributed by atoms with Crippen LogP contribution in [0.2, 0.25) is 0 Å². The maximum absolute atomic E-state index is 12.5. The fraction of sp³-hybridized carbons (Fsp3) is 0.562. The summed E-state index contributed by atoms with van der Waals surface area (Å²) in [6.07, 6.45) is 2.45. The van der Waals surface area contributed by atoms with Crippen molar-refractivity contribution in [1.29, 1.82) is 0 Å². The molecule has 1 unspecified atom stereocenters. The van der Waals surface area contributed by atoms with Gasteiger partial charge in [-0.05, 0) is 62.5 Å². The number of aryl methyl sites for hydroxylation is 1. The van der Waals surface area contributed by atoms with E-state index in [1.807, 2.05) is 32.2 Å². The average Bonchev–Trinajstić information content (AvgIpc) is 2.48. The van der Waals surface area contributed by atoms with Gasteiger partial charge in [-0.15, -0.1) is 0 Å². The highest BCUT2D eigenvalue weighted by Crippen LogP contribution is 2.27. The van der Waals surface area contributed by atoms with E-state index in [0.717, 1.165) is 23.4 Å². The Bertz CT molecular complexity index is 506. The topological polar surface area (TPSA) is 44.4 Å². The summed E-state index contributed by atoms with van der Waals surface area (Å²) >= 11 is 0. The number of amides is 1. The summed E-state index contributed by atoms with van der Waals surface area (Å²) in [5, 5.41) is 6.34. The third-order valence-electron chi connectivity index (χ3n) is 4.73. The molecule has 3 saturated heterocycles. The zero-order chi connectivity index (χ0) is 14.1. The fourth-order valence-electron chi connectivity index (χ4n) is 3.45. The maximum Gasteiger partial charge on any atom is 0.251 e. The number of piperidine rings is 3. The van der Waals surface area contributed by atoms with E-state index in [-0.39, 0.29) is 5.91 Å². The summed E-state index contributed by atoms with van der Waals surface area (Å²) in [5.74, 6) is 0.741. The normalized spacial score (nSPS) is 28.2. The van der Waals surface area contributed by atoms with Crippen LogP contribution in [-0.2, 0) is 0 Å². The summed E-state index contributed by atoms with van der Waals surface area (Å²) in [6.45, 7) is 5.41. The number of anilines is 1. The van der Waals surface area contributed by atoms with Gasteiger partial charge >= 0.3 is 0 Å². The molecule has 3 aliphatic heterocycles. The molecule has 1 aromatic carbocycles. The molecule has 1 atom stereocenters. The first-order valence-corrected chi connectivity index (χ1v) is 7.49. The number of benzene rings is 1. The van der Waals surface area contributed by atoms with E-state index in [9.17, 15) is 4.79 Å². The Morgan fingerprint density at radius 2 is 2.05 bits per heavy atom. The minimum Gasteiger partial charge on any atom is -0.388 e. The molecule has 2 N–H and O–H groups in total. The van der Waals surface area contributed by atoms with Gasteiger partial charge in [0.25, 0.3) is 5.91 Å². The van der Waals surface area contributed by atoms with Crippen LogP contribution in [0.5, 0.6) is 0 Å². The van der Waals surface area contributed by atoms with Crippen molar-refractivity contribution >= 4 is 11.6 Å². The van der Waals surface area contributed by atoms with Crippen molar-refractivity contribution in [3.05, 3.63) is 29.3 Å². The number of hydrogen-bond donors (Lipinski definition) is 2. The van der Waals surface area contributed by atoms with Crippen molar-refractivity contribution in [3.63, 3.8) is 0 Å². The van der Waals surface area contributed by atoms with Gasteiger partial charge < -0.3 is 15.5 Å². The highest BCUT2D eigenvalue weighted by atomic mass is 16.1. The van der Waals surface area contributed by atoms with Crippen LogP contribution >= 0.6 is 0 Å². The van der Waals surface area contributed by atoms with Crippen LogP contribution in [0.15, 0.2) is 18.2 Å². The molecule has 2 bridgehead atoms. The Balaban J connectivity index is 1.70. The predicted molar refractivity (Wildman–Crippen MR) is 81.1 cm³/mol. The van der Waals surface area contributed by atoms with Crippen LogP contribution in [0.4, 0.5) is 5.69 Å². The first kappa shape index (κ1) is 13.4. The molecule has 4 rings (SSSR count). The monoisotopic (exact) mass is 273 g/mol. The van der Waals surface area contributed by atoms with Crippen LogP contribution in [-0.4, -0.2) is 43.5 Å². The zero-order valence-corrected chi connectivity index (χ0v) is 12.3. The van der Waals surface area contributed by atoms with Gasteiger partial charge in [0.2, 0.25) is 0 Å². The Kier molecular flexibility index (Phi) is 3.66. The highest BCUT2D eigenvalue weighted by Gasteiger charge is 2.35. The van der Waals surface area contributed by atoms with E-state index in [4.69, 9.17) is 0 Å². The Morgan fingerprint density at radius 3 is 2.60 bits per heavy atom. The number of rotatable bonds is 3. The Hall–Kier alpha value is -1.55. The second-order valence-corrected chi connectivity index (χ2v) is 6.00. The molecule has 3 heterocycles. The van der Waals surface area contributed by atoms with Crippen LogP contribution in [0.25, 0.3) is 0 Å². The van der Waals surface area contributed by atoms with Crippen molar-refractivity contribution in [1.82, 2.24) is 10.2 Å². The number of fused-ring (bicyclic) bond motifs is 3. The molecular formula is C16H23N3O. The molecule has 0 aromatic heterocycles. The quantitative estimate of drug-likeness (QED) is 0.883. The first-order chi connectivity index (χ1) is 9.67. The average molecular weight is 273 g/mol. The van der Waals surface area contributed by atoms with Crippen LogP contribution in [0.1, 0.15) is 28.8 Å². The minimum absolute atomic E-state index is 0.0731. The summed E-state index contributed by atoms with van der Waals surface area (Å²) in [7, 11) is 1.89. The third-order valence-corrected chi connectivity index (χ3v) is 4.73. The van der Waals surface area contributed by atoms with Gasteiger partial charge in [-0.1, -0.05) is 0 Å². The Morgan fingerprint density at radius 1 is 1.30 bits per heavy atom. The molecule has 0 aliphatic carbocycles. The largest absolute Gasteiger partial charge is 0.388 e. The van der Waals surface area contributed by atoms with Crippen molar-refractivity contribution < 1.29 is 4.79 Å². The number of nitrogens with zero attached hydrogens (tertiary/aromatic N) is 1. The third kappa shape index (κ3) is 2.52. The van der Waals surface area contributed by atoms with Gasteiger partial charge in [0.1, 0.15) is 0 Å². The lowest BCUT2D eigenvalue weighted by Gasteiger charge is -2.45. The van der Waals surface area contributed by atoms with E-state index in [1.54, 1.807) is 0 Å². The Labute approximate surface area is 120 Å². The molecule has 4 heteroatoms. The van der Waals surface area contributed by atoms with Crippen molar-refractivity contribution in [3.8, 4) is 0 Å². The molecule has 0 spiro atoms. The number of nitrogens with one attached hydrogen (secondary N) is 2. The highest BCUT2D eigenvalue weighted by molar-refractivity contribution is 5.96. The lowest BCUT2D eigenvalue weighted by Crippen LogP contribution is -2.57. The molecule has 20 heavy (non-hydrogen) atoms. The van der Waals surface area contributed by atoms with Gasteiger partial charge in [0, 0.05) is 30.9 Å². The first-order valence-electron chi connectivity index (χ1n) is 7.49. The lowest BCUT2D eigenvalue weighted by atomic mass is 9.84. The van der Waals surface area contributed by atoms with Gasteiger partial charge in [-0.3, -0.25) is 4.79 Å². The van der Waals surface area contributed by atoms with Crippen molar-refractivity contribution in [2.75, 3.05) is 32.0 Å². The second kappa shape index (κ2) is 5.44. The van der Waals surface area contributed by atoms with Crippen LogP contribution in [0, 0.1) is 12.8 Å². The van der Waals surface area contributed by atoms with Gasteiger partial charge in [-0.2, -0.15) is 0 Å². The molecule has 0 saturated carbocycles. The van der Waals surface area contributed by atoms with E-state index in [1.165, 1.54) is 25.9 Å². The second-order valence-electron chi connectivity index (χ2n) is 6.00. The van der Waals surface area contributed by atoms with E-state index in [0.29, 0.717) is 12.0 Å². The SMILES string of the molecule is CNc1ccc(C(=O)NC2CN3CCC2CC3)c(C)c1. The number of hydrogen-bond acceptors (Lipinski definition) is 3. The van der Waals surface area contributed by atoms with Crippen molar-refractivity contribution in [2.24, 2.45) is 5.92 Å². The molecule has 3 fully saturated rings. The zero-order valence-electron chi connectivity index (χ0n) is 12.3. The van der Waals surface area contributed by atoms with Gasteiger partial charge in [0.05, 0.1) is 0 Å². The van der Waals surface area contributed by atoms with Gasteiger partial charge in [-0.25, -0.2) is 0 Å². The smallest absolute Gasteiger partial charge is 0.251 e. The van der Waals surface area contributed by atoms with Gasteiger partial charge in [0.15, 0.2) is 0 Å². The summed E-state index contributed by atoms with van der Waals surface area (Å²) in [6, 6.07) is 6.22. The molecule has 4 nitrogen and oxygen atoms in total. The fourth-order valence-corrected chi connectivity index (χ4v) is 3.45. The standard InChI is InChI=1S/C16H23N3O/c1-11-9-13(17-2)3-4-14(11)16(20)18-15-10-19-7-5-12(15)6-8-19/h3-4,9,12,15,17H,5-8,10H2,1-2H3,(H,18,20). The van der Waals surface area contributed by atoms with E-state index < -0.39 is 0 Å². The van der Waals surface area contributed by atoms with Crippen LogP contribution in [0.3, 0.4) is 0 Å². The minimum atomic E-state index is 0.0731. The molecule has 1 aromatic rings. The van der Waals surface area contributed by atoms with Crippen LogP contribution < -0.4 is 10.6 Å². The lowest BCUT2D eigenvalue weighted by molar-refractivity contribution is 0.0620. The van der Waals surface area contributed by atoms with E-state index >= 15 is 0 Å². The predicted octanol–water partition coefficient (Wildman–Crippen LogP) is 1.86. The maximum atomic E-state index is 12.5. The summed E-state index contributed by atoms with van der Waals surface area (Å²) in [4.78, 5) is 14.9. The molecule has 108 valence electrons. The molecule has 1 amide bonds. The number of carbonyl (C=O) groups excluding carboxylic acids is 1. The molecule has 0 radical (unpaired) electrons.